The summed E-state index contributed by atoms with van der Waals surface area (Å²) in [5, 5.41) is 20.6. The van der Waals surface area contributed by atoms with Crippen LogP contribution in [0.1, 0.15) is 38.7 Å². The monoisotopic (exact) mass is 368 g/mol. The van der Waals surface area contributed by atoms with Gasteiger partial charge >= 0.3 is 0 Å². The molecule has 9 heteroatoms. The van der Waals surface area contributed by atoms with Crippen LogP contribution in [0.5, 0.6) is 0 Å². The molecule has 27 heavy (non-hydrogen) atoms. The van der Waals surface area contributed by atoms with Crippen LogP contribution in [0.3, 0.4) is 0 Å². The highest BCUT2D eigenvalue weighted by Crippen LogP contribution is 2.25. The first-order valence-electron chi connectivity index (χ1n) is 9.05. The minimum Gasteiger partial charge on any atom is -0.357 e. The van der Waals surface area contributed by atoms with Gasteiger partial charge in [-0.3, -0.25) is 14.4 Å². The summed E-state index contributed by atoms with van der Waals surface area (Å²) < 4.78 is 3.48. The van der Waals surface area contributed by atoms with E-state index < -0.39 is 0 Å². The van der Waals surface area contributed by atoms with Crippen molar-refractivity contribution in [2.24, 2.45) is 7.05 Å². The Bertz CT molecular complexity index is 1010. The molecule has 0 saturated carbocycles. The molecule has 1 unspecified atom stereocenters. The first-order chi connectivity index (χ1) is 12.7. The van der Waals surface area contributed by atoms with Crippen LogP contribution >= 0.6 is 0 Å². The van der Waals surface area contributed by atoms with Gasteiger partial charge in [-0.2, -0.15) is 9.61 Å². The molecule has 142 valence electrons. The Kier molecular flexibility index (Phi) is 3.90. The minimum atomic E-state index is -0.320. The number of aromatic nitrogens is 6. The van der Waals surface area contributed by atoms with Crippen molar-refractivity contribution in [3.63, 3.8) is 0 Å². The highest BCUT2D eigenvalue weighted by Gasteiger charge is 2.34. The molecule has 0 spiro atoms. The van der Waals surface area contributed by atoms with Crippen molar-refractivity contribution in [2.75, 3.05) is 16.8 Å². The van der Waals surface area contributed by atoms with Crippen LogP contribution in [-0.4, -0.2) is 48.1 Å². The Morgan fingerprint density at radius 3 is 2.63 bits per heavy atom. The van der Waals surface area contributed by atoms with Crippen LogP contribution in [0, 0.1) is 6.92 Å². The number of aryl methyl sites for hydroxylation is 2. The highest BCUT2D eigenvalue weighted by molar-refractivity contribution is 6.00. The molecule has 0 bridgehead atoms. The standard InChI is InChI=1S/C18H24N8O/c1-11-10-15(24(5)22-11)25-9-8-12(16(25)27)19-13-6-7-14-20-21-17(18(2,3)4)26(14)23-13/h6-7,10,12H,8-9H2,1-5H3,(H,19,23). The van der Waals surface area contributed by atoms with Gasteiger partial charge in [-0.15, -0.1) is 15.3 Å². The molecule has 1 N–H and O–H groups in total. The molecule has 4 rings (SSSR count). The van der Waals surface area contributed by atoms with Crippen LogP contribution < -0.4 is 10.2 Å². The lowest BCUT2D eigenvalue weighted by Gasteiger charge is -2.18. The van der Waals surface area contributed by atoms with E-state index in [2.05, 4.69) is 46.5 Å². The number of anilines is 2. The Morgan fingerprint density at radius 1 is 1.19 bits per heavy atom. The summed E-state index contributed by atoms with van der Waals surface area (Å²) in [6, 6.07) is 5.30. The van der Waals surface area contributed by atoms with E-state index >= 15 is 0 Å². The minimum absolute atomic E-state index is 0.0275. The summed E-state index contributed by atoms with van der Waals surface area (Å²) in [5.74, 6) is 2.26. The molecule has 1 amide bonds. The van der Waals surface area contributed by atoms with Gasteiger partial charge in [-0.05, 0) is 25.5 Å². The lowest BCUT2D eigenvalue weighted by molar-refractivity contribution is -0.117. The molecule has 1 fully saturated rings. The third-order valence-electron chi connectivity index (χ3n) is 4.72. The molecule has 3 aromatic rings. The molecule has 3 aromatic heterocycles. The number of rotatable bonds is 3. The van der Waals surface area contributed by atoms with Crippen molar-refractivity contribution in [3.05, 3.63) is 29.7 Å². The summed E-state index contributed by atoms with van der Waals surface area (Å²) in [7, 11) is 1.85. The highest BCUT2D eigenvalue weighted by atomic mass is 16.2. The van der Waals surface area contributed by atoms with E-state index in [1.807, 2.05) is 32.2 Å². The van der Waals surface area contributed by atoms with Crippen LogP contribution in [-0.2, 0) is 17.3 Å². The summed E-state index contributed by atoms with van der Waals surface area (Å²) in [6.07, 6.45) is 0.705. The predicted molar refractivity (Wildman–Crippen MR) is 102 cm³/mol. The van der Waals surface area contributed by atoms with Gasteiger partial charge in [0, 0.05) is 25.1 Å². The Labute approximate surface area is 157 Å². The van der Waals surface area contributed by atoms with Gasteiger partial charge in [-0.25, -0.2) is 0 Å². The molecule has 1 atom stereocenters. The topological polar surface area (TPSA) is 93.2 Å². The maximum atomic E-state index is 12.9. The number of carbonyl (C=O) groups excluding carboxylic acids is 1. The summed E-state index contributed by atoms with van der Waals surface area (Å²) in [5.41, 5.74) is 1.41. The molecule has 1 aliphatic heterocycles. The smallest absolute Gasteiger partial charge is 0.250 e. The van der Waals surface area contributed by atoms with E-state index in [0.29, 0.717) is 24.4 Å². The van der Waals surface area contributed by atoms with Gasteiger partial charge in [0.25, 0.3) is 5.91 Å². The van der Waals surface area contributed by atoms with Crippen molar-refractivity contribution < 1.29 is 4.79 Å². The zero-order valence-electron chi connectivity index (χ0n) is 16.3. The zero-order chi connectivity index (χ0) is 19.3. The molecular weight excluding hydrogens is 344 g/mol. The quantitative estimate of drug-likeness (QED) is 0.756. The average Bonchev–Trinajstić information content (AvgIpc) is 3.25. The first-order valence-corrected chi connectivity index (χ1v) is 9.05. The number of hydrogen-bond acceptors (Lipinski definition) is 6. The van der Waals surface area contributed by atoms with Crippen molar-refractivity contribution >= 4 is 23.2 Å². The van der Waals surface area contributed by atoms with E-state index in [4.69, 9.17) is 0 Å². The maximum Gasteiger partial charge on any atom is 0.250 e. The Hall–Kier alpha value is -2.97. The van der Waals surface area contributed by atoms with Crippen molar-refractivity contribution in [2.45, 2.75) is 45.6 Å². The zero-order valence-corrected chi connectivity index (χ0v) is 16.3. The lowest BCUT2D eigenvalue weighted by Crippen LogP contribution is -2.34. The van der Waals surface area contributed by atoms with Gasteiger partial charge in [0.15, 0.2) is 11.5 Å². The second-order valence-electron chi connectivity index (χ2n) is 8.01. The molecule has 0 aromatic carbocycles. The third-order valence-corrected chi connectivity index (χ3v) is 4.72. The number of carbonyl (C=O) groups is 1. The first kappa shape index (κ1) is 17.4. The number of amides is 1. The summed E-state index contributed by atoms with van der Waals surface area (Å²) in [6.45, 7) is 8.78. The van der Waals surface area contributed by atoms with E-state index in [0.717, 1.165) is 17.3 Å². The van der Waals surface area contributed by atoms with Crippen LogP contribution in [0.2, 0.25) is 0 Å². The predicted octanol–water partition coefficient (Wildman–Crippen LogP) is 1.68. The Balaban J connectivity index is 1.58. The fraction of sp³-hybridized carbons (Fsp3) is 0.500. The van der Waals surface area contributed by atoms with E-state index in [1.54, 1.807) is 14.1 Å². The third kappa shape index (κ3) is 3.02. The van der Waals surface area contributed by atoms with Crippen molar-refractivity contribution in [1.82, 2.24) is 29.6 Å². The number of nitrogens with one attached hydrogen (secondary N) is 1. The van der Waals surface area contributed by atoms with E-state index in [1.165, 1.54) is 0 Å². The normalized spacial score (nSPS) is 17.9. The molecule has 1 aliphatic rings. The number of hydrogen-bond donors (Lipinski definition) is 1. The second kappa shape index (κ2) is 6.04. The number of nitrogens with zero attached hydrogens (tertiary/aromatic N) is 7. The van der Waals surface area contributed by atoms with Crippen molar-refractivity contribution in [1.29, 1.82) is 0 Å². The van der Waals surface area contributed by atoms with E-state index in [9.17, 15) is 4.79 Å². The largest absolute Gasteiger partial charge is 0.357 e. The van der Waals surface area contributed by atoms with Gasteiger partial charge in [0.05, 0.1) is 5.69 Å². The number of fused-ring (bicyclic) bond motifs is 1. The SMILES string of the molecule is Cc1cc(N2CCC(Nc3ccc4nnc(C(C)(C)C)n4n3)C2=O)n(C)n1. The van der Waals surface area contributed by atoms with Crippen LogP contribution in [0.15, 0.2) is 18.2 Å². The van der Waals surface area contributed by atoms with Crippen molar-refractivity contribution in [3.8, 4) is 0 Å². The van der Waals surface area contributed by atoms with E-state index in [-0.39, 0.29) is 17.4 Å². The maximum absolute atomic E-state index is 12.9. The molecule has 1 saturated heterocycles. The molecule has 9 nitrogen and oxygen atoms in total. The molecule has 0 radical (unpaired) electrons. The summed E-state index contributed by atoms with van der Waals surface area (Å²) in [4.78, 5) is 14.6. The molecule has 0 aliphatic carbocycles. The molecular formula is C18H24N8O. The fourth-order valence-electron chi connectivity index (χ4n) is 3.40. The average molecular weight is 368 g/mol. The summed E-state index contributed by atoms with van der Waals surface area (Å²) >= 11 is 0. The second-order valence-corrected chi connectivity index (χ2v) is 8.01. The molecule has 4 heterocycles. The van der Waals surface area contributed by atoms with Crippen LogP contribution in [0.25, 0.3) is 5.65 Å². The Morgan fingerprint density at radius 2 is 1.96 bits per heavy atom. The lowest BCUT2D eigenvalue weighted by atomic mass is 9.96. The van der Waals surface area contributed by atoms with Crippen LogP contribution in [0.4, 0.5) is 11.6 Å². The van der Waals surface area contributed by atoms with Gasteiger partial charge in [-0.1, -0.05) is 20.8 Å². The fourth-order valence-corrected chi connectivity index (χ4v) is 3.40. The van der Waals surface area contributed by atoms with Gasteiger partial charge in [0.1, 0.15) is 17.7 Å². The van der Waals surface area contributed by atoms with Gasteiger partial charge < -0.3 is 5.32 Å². The van der Waals surface area contributed by atoms with Gasteiger partial charge in [0.2, 0.25) is 0 Å².